The average Bonchev–Trinajstić information content (AvgIpc) is 3.67. The fourth-order valence-electron chi connectivity index (χ4n) is 7.59. The normalized spacial score (nSPS) is 13.6. The van der Waals surface area contributed by atoms with Crippen molar-refractivity contribution in [3.63, 3.8) is 0 Å². The van der Waals surface area contributed by atoms with E-state index in [-0.39, 0.29) is 5.41 Å². The van der Waals surface area contributed by atoms with Gasteiger partial charge in [0, 0.05) is 59.7 Å². The molecule has 2 atom stereocenters. The van der Waals surface area contributed by atoms with Crippen LogP contribution in [0.4, 0.5) is 0 Å². The predicted octanol–water partition coefficient (Wildman–Crippen LogP) is 11.3. The molecule has 1 aromatic carbocycles. The molecule has 0 fully saturated rings. The molecule has 0 radical (unpaired) electrons. The zero-order valence-electron chi connectivity index (χ0n) is 33.1. The summed E-state index contributed by atoms with van der Waals surface area (Å²) in [7, 11) is 2.24. The van der Waals surface area contributed by atoms with E-state index in [2.05, 4.69) is 133 Å². The van der Waals surface area contributed by atoms with E-state index < -0.39 is 0 Å². The molecule has 3 heterocycles. The number of hydrogen-bond donors (Lipinski definition) is 1. The van der Waals surface area contributed by atoms with Gasteiger partial charge in [0.05, 0.1) is 22.1 Å². The Balaban J connectivity index is 1.61. The van der Waals surface area contributed by atoms with Gasteiger partial charge >= 0.3 is 0 Å². The molecule has 50 heavy (non-hydrogen) atoms. The van der Waals surface area contributed by atoms with Crippen molar-refractivity contribution < 1.29 is 0 Å². The highest BCUT2D eigenvalue weighted by molar-refractivity contribution is 7.09. The zero-order chi connectivity index (χ0) is 36.4. The molecule has 0 amide bonds. The number of rotatable bonds is 21. The van der Waals surface area contributed by atoms with E-state index in [0.29, 0.717) is 17.8 Å². The van der Waals surface area contributed by atoms with Crippen LogP contribution in [0.25, 0.3) is 33.4 Å². The van der Waals surface area contributed by atoms with Gasteiger partial charge in [-0.3, -0.25) is 4.98 Å². The number of nitrogens with zero attached hydrogens (tertiary/aromatic N) is 4. The number of benzene rings is 1. The Labute approximate surface area is 309 Å². The molecule has 4 aromatic rings. The van der Waals surface area contributed by atoms with Crippen LogP contribution in [0.2, 0.25) is 0 Å². The number of thiazole rings is 1. The first-order chi connectivity index (χ1) is 23.9. The molecule has 0 aliphatic heterocycles. The van der Waals surface area contributed by atoms with Gasteiger partial charge in [-0.2, -0.15) is 0 Å². The van der Waals surface area contributed by atoms with Crippen molar-refractivity contribution in [1.82, 2.24) is 24.8 Å². The number of pyridine rings is 1. The second-order valence-electron chi connectivity index (χ2n) is 16.2. The van der Waals surface area contributed by atoms with Crippen molar-refractivity contribution in [2.75, 3.05) is 33.2 Å². The van der Waals surface area contributed by atoms with E-state index in [1.165, 1.54) is 69.7 Å². The molecule has 0 spiro atoms. The van der Waals surface area contributed by atoms with Crippen LogP contribution in [-0.4, -0.2) is 52.7 Å². The first-order valence-electron chi connectivity index (χ1n) is 19.5. The highest BCUT2D eigenvalue weighted by Crippen LogP contribution is 2.42. The van der Waals surface area contributed by atoms with Crippen molar-refractivity contribution in [2.45, 2.75) is 113 Å². The molecule has 0 aliphatic carbocycles. The van der Waals surface area contributed by atoms with E-state index in [4.69, 9.17) is 9.97 Å². The largest absolute Gasteiger partial charge is 0.340 e. The van der Waals surface area contributed by atoms with E-state index in [0.717, 1.165) is 57.2 Å². The van der Waals surface area contributed by atoms with Gasteiger partial charge in [-0.25, -0.2) is 4.98 Å². The molecule has 3 aromatic heterocycles. The Morgan fingerprint density at radius 2 is 1.84 bits per heavy atom. The third kappa shape index (κ3) is 10.4. The first kappa shape index (κ1) is 40.0. The lowest BCUT2D eigenvalue weighted by molar-refractivity contribution is 0.261. The second-order valence-corrected chi connectivity index (χ2v) is 17.1. The van der Waals surface area contributed by atoms with Crippen LogP contribution in [0.3, 0.4) is 0 Å². The molecule has 6 heteroatoms. The molecular weight excluding hydrogens is 631 g/mol. The smallest absolute Gasteiger partial charge is 0.0938 e. The average molecular weight is 698 g/mol. The minimum absolute atomic E-state index is 0.189. The van der Waals surface area contributed by atoms with Gasteiger partial charge in [0.1, 0.15) is 0 Å². The van der Waals surface area contributed by atoms with E-state index >= 15 is 0 Å². The summed E-state index contributed by atoms with van der Waals surface area (Å²) in [6.45, 7) is 30.2. The van der Waals surface area contributed by atoms with Gasteiger partial charge in [0.15, 0.2) is 0 Å². The van der Waals surface area contributed by atoms with Gasteiger partial charge in [-0.15, -0.1) is 17.9 Å². The Kier molecular flexibility index (Phi) is 14.9. The maximum absolute atomic E-state index is 5.22. The topological polar surface area (TPSA) is 46.0 Å². The first-order valence-corrected chi connectivity index (χ1v) is 20.4. The second kappa shape index (κ2) is 18.6. The van der Waals surface area contributed by atoms with Crippen molar-refractivity contribution in [2.24, 2.45) is 23.2 Å². The molecule has 274 valence electrons. The summed E-state index contributed by atoms with van der Waals surface area (Å²) >= 11 is 1.78. The fraction of sp³-hybridized carbons (Fsp3) is 0.591. The van der Waals surface area contributed by atoms with Crippen molar-refractivity contribution >= 4 is 22.2 Å². The summed E-state index contributed by atoms with van der Waals surface area (Å²) in [5.41, 5.74) is 9.00. The molecular formula is C44H67N5S. The summed E-state index contributed by atoms with van der Waals surface area (Å²) in [4.78, 5) is 12.6. The number of aryl methyl sites for hydroxylation is 1. The maximum Gasteiger partial charge on any atom is 0.0938 e. The highest BCUT2D eigenvalue weighted by atomic mass is 32.1. The molecule has 0 bridgehead atoms. The van der Waals surface area contributed by atoms with Gasteiger partial charge in [0.2, 0.25) is 0 Å². The zero-order valence-corrected chi connectivity index (χ0v) is 33.9. The van der Waals surface area contributed by atoms with Crippen LogP contribution < -0.4 is 5.32 Å². The minimum Gasteiger partial charge on any atom is -0.340 e. The third-order valence-electron chi connectivity index (χ3n) is 10.4. The van der Waals surface area contributed by atoms with Crippen molar-refractivity contribution in [3.8, 4) is 22.5 Å². The SMILES string of the molecule is C=CC(CNCC(CCC(C)C)CN(C)CC)Cc1nc(-c2ccc3c(c2)c(CC(C)(C)CCC)c(-c2cccnc2C(C)C)n3CC)cs1. The Morgan fingerprint density at radius 3 is 2.50 bits per heavy atom. The lowest BCUT2D eigenvalue weighted by Gasteiger charge is -2.25. The van der Waals surface area contributed by atoms with Crippen LogP contribution in [0, 0.1) is 23.2 Å². The molecule has 2 unspecified atom stereocenters. The van der Waals surface area contributed by atoms with Gasteiger partial charge < -0.3 is 14.8 Å². The highest BCUT2D eigenvalue weighted by Gasteiger charge is 2.27. The molecule has 0 aliphatic rings. The van der Waals surface area contributed by atoms with Crippen LogP contribution in [0.15, 0.2) is 54.6 Å². The van der Waals surface area contributed by atoms with E-state index in [1.54, 1.807) is 11.3 Å². The summed E-state index contributed by atoms with van der Waals surface area (Å²) < 4.78 is 2.53. The Morgan fingerprint density at radius 1 is 1.06 bits per heavy atom. The monoisotopic (exact) mass is 698 g/mol. The Hall–Kier alpha value is -2.80. The van der Waals surface area contributed by atoms with Crippen LogP contribution in [0.5, 0.6) is 0 Å². The fourth-order valence-corrected chi connectivity index (χ4v) is 8.49. The van der Waals surface area contributed by atoms with Gasteiger partial charge in [-0.05, 0) is 105 Å². The quantitative estimate of drug-likeness (QED) is 0.0881. The van der Waals surface area contributed by atoms with E-state index in [1.807, 2.05) is 6.20 Å². The van der Waals surface area contributed by atoms with Gasteiger partial charge in [0.25, 0.3) is 0 Å². The molecule has 4 rings (SSSR count). The maximum atomic E-state index is 5.22. The predicted molar refractivity (Wildman–Crippen MR) is 219 cm³/mol. The number of fused-ring (bicyclic) bond motifs is 1. The summed E-state index contributed by atoms with van der Waals surface area (Å²) in [5.74, 6) is 2.12. The van der Waals surface area contributed by atoms with Gasteiger partial charge in [-0.1, -0.05) is 80.4 Å². The van der Waals surface area contributed by atoms with Crippen molar-refractivity contribution in [1.29, 1.82) is 0 Å². The van der Waals surface area contributed by atoms with Crippen LogP contribution >= 0.6 is 11.3 Å². The summed E-state index contributed by atoms with van der Waals surface area (Å²) in [6.07, 6.45) is 10.9. The lowest BCUT2D eigenvalue weighted by Crippen LogP contribution is -2.34. The van der Waals surface area contributed by atoms with E-state index in [9.17, 15) is 0 Å². The number of aromatic nitrogens is 3. The number of hydrogen-bond acceptors (Lipinski definition) is 5. The van der Waals surface area contributed by atoms with Crippen molar-refractivity contribution in [3.05, 3.63) is 70.8 Å². The van der Waals surface area contributed by atoms with Crippen LogP contribution in [0.1, 0.15) is 110 Å². The standard InChI is InChI=1S/C44H67N5S/c1-12-22-44(9,10)26-38-37-25-35(20-21-40(37)49(15-4)43(38)36-17-16-23-46-42(36)32(7)8)39-30-50-41(47-39)24-33(13-2)27-45-28-34(19-18-31(5)6)29-48(11)14-3/h13,16-17,20-21,23,25,30-34,45H,2,12,14-15,18-19,22,24,26-29H2,1,3-11H3. The number of nitrogens with one attached hydrogen (secondary N) is 1. The molecule has 0 saturated heterocycles. The summed E-state index contributed by atoms with van der Waals surface area (Å²) in [5, 5.41) is 8.60. The molecule has 1 N–H and O–H groups in total. The molecule has 5 nitrogen and oxygen atoms in total. The summed E-state index contributed by atoms with van der Waals surface area (Å²) in [6, 6.07) is 11.4. The molecule has 0 saturated carbocycles. The Bertz CT molecular complexity index is 1640. The third-order valence-corrected chi connectivity index (χ3v) is 11.3. The minimum atomic E-state index is 0.189. The van der Waals surface area contributed by atoms with Crippen LogP contribution in [-0.2, 0) is 19.4 Å². The lowest BCUT2D eigenvalue weighted by atomic mass is 9.80.